The molecule has 1 aromatic heterocycles. The van der Waals surface area contributed by atoms with Crippen molar-refractivity contribution in [3.05, 3.63) is 131 Å². The molecule has 0 spiro atoms. The van der Waals surface area contributed by atoms with E-state index in [0.717, 1.165) is 44.8 Å². The molecule has 2 nitrogen and oxygen atoms in total. The molecule has 1 heterocycles. The molecular formula is C27H25ClN2. The van der Waals surface area contributed by atoms with Gasteiger partial charge < -0.3 is 5.32 Å². The van der Waals surface area contributed by atoms with E-state index in [1.165, 1.54) is 0 Å². The Labute approximate surface area is 184 Å². The third-order valence-corrected chi connectivity index (χ3v) is 5.08. The molecule has 3 aromatic rings. The third-order valence-electron chi connectivity index (χ3n) is 4.83. The molecule has 0 amide bonds. The van der Waals surface area contributed by atoms with E-state index < -0.39 is 0 Å². The number of hydrogen-bond donors (Lipinski definition) is 1. The Bertz CT molecular complexity index is 1100. The van der Waals surface area contributed by atoms with Crippen molar-refractivity contribution in [2.24, 2.45) is 0 Å². The zero-order valence-electron chi connectivity index (χ0n) is 17.3. The number of aryl methyl sites for hydroxylation is 1. The van der Waals surface area contributed by atoms with Crippen LogP contribution in [-0.4, -0.2) is 12.0 Å². The molecule has 0 radical (unpaired) electrons. The Morgan fingerprint density at radius 1 is 1.03 bits per heavy atom. The second-order valence-electron chi connectivity index (χ2n) is 6.89. The molecule has 0 fully saturated rings. The molecule has 0 saturated carbocycles. The molecule has 0 unspecified atom stereocenters. The molecule has 0 aliphatic rings. The average Bonchev–Trinajstić information content (AvgIpc) is 2.77. The smallest absolute Gasteiger partial charge is 0.0417 e. The summed E-state index contributed by atoms with van der Waals surface area (Å²) in [6.07, 6.45) is 7.73. The van der Waals surface area contributed by atoms with Crippen LogP contribution < -0.4 is 5.32 Å². The van der Waals surface area contributed by atoms with Gasteiger partial charge in [-0.25, -0.2) is 0 Å². The molecular weight excluding hydrogens is 388 g/mol. The van der Waals surface area contributed by atoms with Crippen molar-refractivity contribution in [2.45, 2.75) is 6.92 Å². The van der Waals surface area contributed by atoms with Crippen molar-refractivity contribution in [2.75, 3.05) is 12.4 Å². The Morgan fingerprint density at radius 2 is 1.77 bits per heavy atom. The summed E-state index contributed by atoms with van der Waals surface area (Å²) in [6.45, 7) is 10.4. The summed E-state index contributed by atoms with van der Waals surface area (Å²) in [7, 11) is 1.92. The van der Waals surface area contributed by atoms with Crippen LogP contribution in [0.4, 0.5) is 5.69 Å². The van der Waals surface area contributed by atoms with Crippen molar-refractivity contribution in [1.82, 2.24) is 4.98 Å². The van der Waals surface area contributed by atoms with Gasteiger partial charge in [0.2, 0.25) is 0 Å². The summed E-state index contributed by atoms with van der Waals surface area (Å²) in [4.78, 5) is 4.35. The maximum atomic E-state index is 6.14. The lowest BCUT2D eigenvalue weighted by Gasteiger charge is -2.18. The van der Waals surface area contributed by atoms with Gasteiger partial charge in [-0.15, -0.1) is 0 Å². The molecule has 0 saturated heterocycles. The van der Waals surface area contributed by atoms with Crippen LogP contribution in [0.1, 0.15) is 22.4 Å². The van der Waals surface area contributed by atoms with Crippen molar-refractivity contribution >= 4 is 28.9 Å². The van der Waals surface area contributed by atoms with Gasteiger partial charge in [-0.2, -0.15) is 0 Å². The van der Waals surface area contributed by atoms with Gasteiger partial charge in [0.05, 0.1) is 0 Å². The van der Waals surface area contributed by atoms with Crippen LogP contribution in [0.3, 0.4) is 0 Å². The molecule has 0 atom stereocenters. The first-order chi connectivity index (χ1) is 14.5. The molecule has 2 aromatic carbocycles. The van der Waals surface area contributed by atoms with Gasteiger partial charge in [-0.1, -0.05) is 79.4 Å². The molecule has 150 valence electrons. The van der Waals surface area contributed by atoms with Crippen LogP contribution in [0.2, 0.25) is 5.02 Å². The van der Waals surface area contributed by atoms with Crippen molar-refractivity contribution in [3.63, 3.8) is 0 Å². The summed E-state index contributed by atoms with van der Waals surface area (Å²) >= 11 is 6.14. The first-order valence-electron chi connectivity index (χ1n) is 9.73. The predicted molar refractivity (Wildman–Crippen MR) is 131 cm³/mol. The van der Waals surface area contributed by atoms with Crippen LogP contribution in [0.15, 0.2) is 103 Å². The maximum Gasteiger partial charge on any atom is 0.0417 e. The molecule has 0 bridgehead atoms. The number of aromatic nitrogens is 1. The highest BCUT2D eigenvalue weighted by Gasteiger charge is 2.14. The summed E-state index contributed by atoms with van der Waals surface area (Å²) < 4.78 is 0. The second kappa shape index (κ2) is 9.91. The van der Waals surface area contributed by atoms with E-state index in [1.54, 1.807) is 0 Å². The number of allylic oxidation sites excluding steroid dienone is 4. The zero-order valence-corrected chi connectivity index (χ0v) is 18.1. The molecule has 1 N–H and O–H groups in total. The number of benzene rings is 2. The fourth-order valence-corrected chi connectivity index (χ4v) is 3.38. The lowest BCUT2D eigenvalue weighted by molar-refractivity contribution is 1.19. The Hall–Kier alpha value is -3.36. The molecule has 30 heavy (non-hydrogen) atoms. The lowest BCUT2D eigenvalue weighted by atomic mass is 9.88. The number of halogens is 1. The Kier molecular flexibility index (Phi) is 7.05. The van der Waals surface area contributed by atoms with Gasteiger partial charge in [0.15, 0.2) is 0 Å². The maximum absolute atomic E-state index is 6.14. The van der Waals surface area contributed by atoms with E-state index in [1.807, 2.05) is 86.9 Å². The Balaban J connectivity index is 2.14. The first-order valence-corrected chi connectivity index (χ1v) is 10.1. The topological polar surface area (TPSA) is 24.9 Å². The zero-order chi connectivity index (χ0) is 21.5. The first kappa shape index (κ1) is 21.4. The SMILES string of the molecule is C=C/C(C(=C)/C=C/c1ccc(C)nc1)=C(/c1ccc(Cl)cc1)c1ccccc1NC. The summed E-state index contributed by atoms with van der Waals surface area (Å²) in [5.74, 6) is 0. The van der Waals surface area contributed by atoms with Crippen LogP contribution in [-0.2, 0) is 0 Å². The number of anilines is 1. The number of para-hydroxylation sites is 1. The van der Waals surface area contributed by atoms with E-state index >= 15 is 0 Å². The van der Waals surface area contributed by atoms with E-state index in [0.29, 0.717) is 5.02 Å². The Morgan fingerprint density at radius 3 is 2.40 bits per heavy atom. The van der Waals surface area contributed by atoms with Crippen molar-refractivity contribution in [3.8, 4) is 0 Å². The molecule has 0 aliphatic carbocycles. The van der Waals surface area contributed by atoms with Crippen molar-refractivity contribution < 1.29 is 0 Å². The molecule has 3 heteroatoms. The van der Waals surface area contributed by atoms with Crippen LogP contribution in [0, 0.1) is 6.92 Å². The van der Waals surface area contributed by atoms with Gasteiger partial charge in [0.1, 0.15) is 0 Å². The van der Waals surface area contributed by atoms with Gasteiger partial charge in [0, 0.05) is 35.2 Å². The predicted octanol–water partition coefficient (Wildman–Crippen LogP) is 7.34. The minimum Gasteiger partial charge on any atom is -0.388 e. The fraction of sp³-hybridized carbons (Fsp3) is 0.0741. The number of rotatable bonds is 7. The van der Waals surface area contributed by atoms with Crippen LogP contribution in [0.25, 0.3) is 11.6 Å². The van der Waals surface area contributed by atoms with Gasteiger partial charge in [0.25, 0.3) is 0 Å². The second-order valence-corrected chi connectivity index (χ2v) is 7.32. The number of nitrogens with one attached hydrogen (secondary N) is 1. The minimum absolute atomic E-state index is 0.700. The number of pyridine rings is 1. The standard InChI is InChI=1S/C27H25ClN2/c1-5-24(19(2)10-12-21-13-11-20(3)30-18-21)27(22-14-16-23(28)17-15-22)25-8-6-7-9-26(25)29-4/h5-18,29H,1-2H2,3-4H3/b12-10+,27-24+. The molecule has 3 rings (SSSR count). The van der Waals surface area contributed by atoms with Gasteiger partial charge in [-0.05, 0) is 59.0 Å². The normalized spacial score (nSPS) is 11.8. The highest BCUT2D eigenvalue weighted by molar-refractivity contribution is 6.30. The number of nitrogens with zero attached hydrogens (tertiary/aromatic N) is 1. The largest absolute Gasteiger partial charge is 0.388 e. The van der Waals surface area contributed by atoms with Gasteiger partial charge >= 0.3 is 0 Å². The van der Waals surface area contributed by atoms with Crippen LogP contribution >= 0.6 is 11.6 Å². The highest BCUT2D eigenvalue weighted by Crippen LogP contribution is 2.35. The molecule has 0 aliphatic heterocycles. The number of hydrogen-bond acceptors (Lipinski definition) is 2. The van der Waals surface area contributed by atoms with E-state index in [2.05, 4.69) is 35.6 Å². The van der Waals surface area contributed by atoms with E-state index in [4.69, 9.17) is 11.6 Å². The lowest BCUT2D eigenvalue weighted by Crippen LogP contribution is -1.99. The highest BCUT2D eigenvalue weighted by atomic mass is 35.5. The minimum atomic E-state index is 0.700. The summed E-state index contributed by atoms with van der Waals surface area (Å²) in [6, 6.07) is 20.1. The fourth-order valence-electron chi connectivity index (χ4n) is 3.25. The van der Waals surface area contributed by atoms with E-state index in [-0.39, 0.29) is 0 Å². The summed E-state index contributed by atoms with van der Waals surface area (Å²) in [5.41, 5.74) is 8.02. The third kappa shape index (κ3) is 4.97. The summed E-state index contributed by atoms with van der Waals surface area (Å²) in [5, 5.41) is 3.99. The van der Waals surface area contributed by atoms with Crippen molar-refractivity contribution in [1.29, 1.82) is 0 Å². The average molecular weight is 413 g/mol. The monoisotopic (exact) mass is 412 g/mol. The quantitative estimate of drug-likeness (QED) is 0.410. The van der Waals surface area contributed by atoms with Gasteiger partial charge in [-0.3, -0.25) is 4.98 Å². The van der Waals surface area contributed by atoms with Crippen LogP contribution in [0.5, 0.6) is 0 Å². The van der Waals surface area contributed by atoms with E-state index in [9.17, 15) is 0 Å².